The second-order valence-electron chi connectivity index (χ2n) is 6.24. The van der Waals surface area contributed by atoms with Crippen molar-refractivity contribution in [3.05, 3.63) is 0 Å². The van der Waals surface area contributed by atoms with Crippen LogP contribution in [0.3, 0.4) is 0 Å². The minimum Gasteiger partial charge on any atom is -0.352 e. The van der Waals surface area contributed by atoms with Crippen molar-refractivity contribution in [2.45, 2.75) is 44.8 Å². The summed E-state index contributed by atoms with van der Waals surface area (Å²) in [6, 6.07) is -0.268. The third kappa shape index (κ3) is 3.69. The number of carbonyl (C=O) groups is 1. The Labute approximate surface area is 123 Å². The van der Waals surface area contributed by atoms with E-state index in [4.69, 9.17) is 0 Å². The number of hydrogen-bond acceptors (Lipinski definition) is 3. The maximum absolute atomic E-state index is 13.3. The molecular formula is C14H24F3N3O. The summed E-state index contributed by atoms with van der Waals surface area (Å²) in [5, 5.41) is 5.24. The van der Waals surface area contributed by atoms with Crippen LogP contribution in [0.4, 0.5) is 13.2 Å². The number of amides is 1. The van der Waals surface area contributed by atoms with Gasteiger partial charge in [0.05, 0.1) is 0 Å². The molecule has 0 aromatic rings. The molecule has 0 bridgehead atoms. The topological polar surface area (TPSA) is 44.4 Å². The SMILES string of the molecule is CC(CN1CCCCC1)NC(=O)C1(C(F)(F)F)CCNC1. The zero-order chi connectivity index (χ0) is 15.5. The van der Waals surface area contributed by atoms with E-state index in [0.29, 0.717) is 6.54 Å². The van der Waals surface area contributed by atoms with Crippen LogP contribution in [-0.4, -0.2) is 55.7 Å². The van der Waals surface area contributed by atoms with Gasteiger partial charge >= 0.3 is 6.18 Å². The van der Waals surface area contributed by atoms with Gasteiger partial charge in [-0.25, -0.2) is 0 Å². The minimum atomic E-state index is -4.51. The van der Waals surface area contributed by atoms with Crippen LogP contribution < -0.4 is 10.6 Å². The first-order valence-corrected chi connectivity index (χ1v) is 7.66. The maximum atomic E-state index is 13.3. The first-order valence-electron chi connectivity index (χ1n) is 7.66. The van der Waals surface area contributed by atoms with E-state index < -0.39 is 17.5 Å². The Morgan fingerprint density at radius 1 is 1.33 bits per heavy atom. The molecule has 2 rings (SSSR count). The van der Waals surface area contributed by atoms with Gasteiger partial charge in [-0.15, -0.1) is 0 Å². The highest BCUT2D eigenvalue weighted by Crippen LogP contribution is 2.43. The minimum absolute atomic E-state index is 0.182. The largest absolute Gasteiger partial charge is 0.404 e. The first-order chi connectivity index (χ1) is 9.85. The third-order valence-corrected chi connectivity index (χ3v) is 4.49. The van der Waals surface area contributed by atoms with Crippen LogP contribution in [0.5, 0.6) is 0 Å². The van der Waals surface area contributed by atoms with Crippen LogP contribution in [0, 0.1) is 5.41 Å². The van der Waals surface area contributed by atoms with Gasteiger partial charge in [-0.1, -0.05) is 6.42 Å². The average Bonchev–Trinajstić information content (AvgIpc) is 2.89. The van der Waals surface area contributed by atoms with Crippen LogP contribution >= 0.6 is 0 Å². The normalized spacial score (nSPS) is 29.3. The summed E-state index contributed by atoms with van der Waals surface area (Å²) < 4.78 is 39.8. The molecule has 0 spiro atoms. The number of alkyl halides is 3. The van der Waals surface area contributed by atoms with Gasteiger partial charge in [0.1, 0.15) is 0 Å². The van der Waals surface area contributed by atoms with Gasteiger partial charge in [0.15, 0.2) is 5.41 Å². The number of piperidine rings is 1. The first kappa shape index (κ1) is 16.5. The molecule has 2 N–H and O–H groups in total. The number of nitrogens with one attached hydrogen (secondary N) is 2. The van der Waals surface area contributed by atoms with Crippen molar-refractivity contribution in [1.82, 2.24) is 15.5 Å². The number of nitrogens with zero attached hydrogens (tertiary/aromatic N) is 1. The molecular weight excluding hydrogens is 283 g/mol. The number of carbonyl (C=O) groups excluding carboxylic acids is 1. The third-order valence-electron chi connectivity index (χ3n) is 4.49. The number of hydrogen-bond donors (Lipinski definition) is 2. The Morgan fingerprint density at radius 3 is 2.52 bits per heavy atom. The molecule has 122 valence electrons. The Balaban J connectivity index is 1.92. The fraction of sp³-hybridized carbons (Fsp3) is 0.929. The summed E-state index contributed by atoms with van der Waals surface area (Å²) in [6.07, 6.45) is -1.24. The van der Waals surface area contributed by atoms with E-state index in [1.165, 1.54) is 6.42 Å². The van der Waals surface area contributed by atoms with Crippen LogP contribution in [0.1, 0.15) is 32.6 Å². The average molecular weight is 307 g/mol. The predicted molar refractivity (Wildman–Crippen MR) is 73.9 cm³/mol. The van der Waals surface area contributed by atoms with Crippen LogP contribution in [0.2, 0.25) is 0 Å². The molecule has 4 nitrogen and oxygen atoms in total. The van der Waals surface area contributed by atoms with E-state index in [9.17, 15) is 18.0 Å². The molecule has 0 aromatic carbocycles. The van der Waals surface area contributed by atoms with E-state index in [2.05, 4.69) is 15.5 Å². The van der Waals surface area contributed by atoms with Crippen molar-refractivity contribution in [2.24, 2.45) is 5.41 Å². The summed E-state index contributed by atoms with van der Waals surface area (Å²) >= 11 is 0. The molecule has 0 radical (unpaired) electrons. The second kappa shape index (κ2) is 6.52. The molecule has 21 heavy (non-hydrogen) atoms. The highest BCUT2D eigenvalue weighted by molar-refractivity contribution is 5.84. The molecule has 2 aliphatic heterocycles. The van der Waals surface area contributed by atoms with E-state index in [1.54, 1.807) is 6.92 Å². The fourth-order valence-electron chi connectivity index (χ4n) is 3.19. The summed E-state index contributed by atoms with van der Waals surface area (Å²) in [4.78, 5) is 14.4. The Kier molecular flexibility index (Phi) is 5.14. The van der Waals surface area contributed by atoms with E-state index in [-0.39, 0.29) is 25.6 Å². The van der Waals surface area contributed by atoms with E-state index in [1.807, 2.05) is 0 Å². The Hall–Kier alpha value is -0.820. The molecule has 1 amide bonds. The zero-order valence-corrected chi connectivity index (χ0v) is 12.4. The van der Waals surface area contributed by atoms with Crippen molar-refractivity contribution in [1.29, 1.82) is 0 Å². The van der Waals surface area contributed by atoms with Gasteiger partial charge in [0, 0.05) is 19.1 Å². The van der Waals surface area contributed by atoms with Gasteiger partial charge in [-0.2, -0.15) is 13.2 Å². The fourth-order valence-corrected chi connectivity index (χ4v) is 3.19. The predicted octanol–water partition coefficient (Wildman–Crippen LogP) is 1.52. The Morgan fingerprint density at radius 2 is 2.00 bits per heavy atom. The maximum Gasteiger partial charge on any atom is 0.404 e. The monoisotopic (exact) mass is 307 g/mol. The summed E-state index contributed by atoms with van der Waals surface area (Å²) in [6.45, 7) is 4.23. The van der Waals surface area contributed by atoms with Gasteiger partial charge < -0.3 is 15.5 Å². The van der Waals surface area contributed by atoms with E-state index >= 15 is 0 Å². The molecule has 2 atom stereocenters. The lowest BCUT2D eigenvalue weighted by Crippen LogP contribution is -2.55. The number of halogens is 3. The molecule has 0 aliphatic carbocycles. The quantitative estimate of drug-likeness (QED) is 0.828. The standard InChI is InChI=1S/C14H24F3N3O/c1-11(9-20-7-3-2-4-8-20)19-12(21)13(14(15,16)17)5-6-18-10-13/h11,18H,2-10H2,1H3,(H,19,21). The van der Waals surface area contributed by atoms with Gasteiger partial charge in [0.25, 0.3) is 0 Å². The highest BCUT2D eigenvalue weighted by Gasteiger charge is 2.61. The molecule has 7 heteroatoms. The van der Waals surface area contributed by atoms with Crippen molar-refractivity contribution in [2.75, 3.05) is 32.7 Å². The van der Waals surface area contributed by atoms with Gasteiger partial charge in [-0.05, 0) is 45.8 Å². The summed E-state index contributed by atoms with van der Waals surface area (Å²) in [5.41, 5.74) is -2.26. The molecule has 0 saturated carbocycles. The number of likely N-dealkylation sites (tertiary alicyclic amines) is 1. The molecule has 2 fully saturated rings. The molecule has 2 heterocycles. The van der Waals surface area contributed by atoms with Crippen molar-refractivity contribution in [3.63, 3.8) is 0 Å². The molecule has 2 saturated heterocycles. The Bertz CT molecular complexity index is 361. The van der Waals surface area contributed by atoms with Gasteiger partial charge in [0.2, 0.25) is 5.91 Å². The van der Waals surface area contributed by atoms with Crippen molar-refractivity contribution >= 4 is 5.91 Å². The number of rotatable bonds is 4. The zero-order valence-electron chi connectivity index (χ0n) is 12.4. The lowest BCUT2D eigenvalue weighted by molar-refractivity contribution is -0.216. The highest BCUT2D eigenvalue weighted by atomic mass is 19.4. The molecule has 2 unspecified atom stereocenters. The van der Waals surface area contributed by atoms with Crippen LogP contribution in [0.15, 0.2) is 0 Å². The molecule has 2 aliphatic rings. The second-order valence-corrected chi connectivity index (χ2v) is 6.24. The van der Waals surface area contributed by atoms with Crippen molar-refractivity contribution < 1.29 is 18.0 Å². The summed E-state index contributed by atoms with van der Waals surface area (Å²) in [5.74, 6) is -0.885. The van der Waals surface area contributed by atoms with Gasteiger partial charge in [-0.3, -0.25) is 4.79 Å². The lowest BCUT2D eigenvalue weighted by atomic mass is 9.85. The van der Waals surface area contributed by atoms with Crippen LogP contribution in [-0.2, 0) is 4.79 Å². The van der Waals surface area contributed by atoms with Crippen LogP contribution in [0.25, 0.3) is 0 Å². The molecule has 0 aromatic heterocycles. The smallest absolute Gasteiger partial charge is 0.352 e. The van der Waals surface area contributed by atoms with Crippen molar-refractivity contribution in [3.8, 4) is 0 Å². The lowest BCUT2D eigenvalue weighted by Gasteiger charge is -2.33. The summed E-state index contributed by atoms with van der Waals surface area (Å²) in [7, 11) is 0. The van der Waals surface area contributed by atoms with E-state index in [0.717, 1.165) is 25.9 Å².